The summed E-state index contributed by atoms with van der Waals surface area (Å²) >= 11 is 0. The van der Waals surface area contributed by atoms with Gasteiger partial charge >= 0.3 is 0 Å². The van der Waals surface area contributed by atoms with Crippen LogP contribution >= 0.6 is 0 Å². The Balaban J connectivity index is 2.23. The van der Waals surface area contributed by atoms with Crippen LogP contribution in [-0.4, -0.2) is 43.7 Å². The smallest absolute Gasteiger partial charge is 0.219 e. The van der Waals surface area contributed by atoms with Gasteiger partial charge in [0.1, 0.15) is 13.7 Å². The Bertz CT molecular complexity index is 732. The summed E-state index contributed by atoms with van der Waals surface area (Å²) in [5.74, 6) is -0.247. The normalized spacial score (nSPS) is 16.0. The van der Waals surface area contributed by atoms with Crippen molar-refractivity contribution in [3.63, 3.8) is 0 Å². The predicted octanol–water partition coefficient (Wildman–Crippen LogP) is 1.65. The second-order valence-electron chi connectivity index (χ2n) is 6.17. The molecule has 1 saturated heterocycles. The molecule has 122 valence electrons. The van der Waals surface area contributed by atoms with Crippen molar-refractivity contribution in [2.24, 2.45) is 0 Å². The Labute approximate surface area is 136 Å². The fraction of sp³-hybridized carbons (Fsp3) is 0.471. The number of ether oxygens (including phenoxy) is 1. The standard InChI is InChI=1S/C17H22BFN2O2/c1-3-21(11-4-6-23-7-5-11)16-12-8-10(2)20-17(22)13(12)9-14(18)15(16)19/h8-9,11H,3-7,18H2,1-2H3,(H,20,22). The Morgan fingerprint density at radius 2 is 2.04 bits per heavy atom. The van der Waals surface area contributed by atoms with E-state index in [4.69, 9.17) is 4.74 Å². The summed E-state index contributed by atoms with van der Waals surface area (Å²) in [7, 11) is 1.73. The molecule has 0 bridgehead atoms. The van der Waals surface area contributed by atoms with Crippen LogP contribution in [0.4, 0.5) is 10.1 Å². The van der Waals surface area contributed by atoms with Gasteiger partial charge in [-0.3, -0.25) is 0 Å². The number of anilines is 1. The average Bonchev–Trinajstić information content (AvgIpc) is 2.54. The third-order valence-corrected chi connectivity index (χ3v) is 4.60. The Hall–Kier alpha value is -1.82. The molecule has 6 heteroatoms. The van der Waals surface area contributed by atoms with Gasteiger partial charge in [0, 0.05) is 42.3 Å². The number of benzene rings is 1. The second-order valence-corrected chi connectivity index (χ2v) is 6.17. The minimum atomic E-state index is -0.212. The quantitative estimate of drug-likeness (QED) is 0.875. The van der Waals surface area contributed by atoms with E-state index < -0.39 is 0 Å². The zero-order valence-electron chi connectivity index (χ0n) is 13.9. The van der Waals surface area contributed by atoms with Gasteiger partial charge in [-0.1, -0.05) is 11.5 Å². The van der Waals surface area contributed by atoms with Crippen LogP contribution in [0, 0.1) is 12.7 Å². The van der Waals surface area contributed by atoms with E-state index in [2.05, 4.69) is 9.88 Å². The number of pyridine rings is 1. The number of aromatic nitrogens is 1. The molecule has 0 unspecified atom stereocenters. The molecule has 1 aliphatic rings. The molecule has 1 N–H and O–H groups in total. The predicted molar refractivity (Wildman–Crippen MR) is 93.1 cm³/mol. The number of fused-ring (bicyclic) bond motifs is 1. The van der Waals surface area contributed by atoms with Crippen molar-refractivity contribution < 1.29 is 14.2 Å². The van der Waals surface area contributed by atoms with Crippen LogP contribution in [0.3, 0.4) is 0 Å². The molecule has 2 aromatic rings. The highest BCUT2D eigenvalue weighted by atomic mass is 19.1. The lowest BCUT2D eigenvalue weighted by molar-refractivity contribution is 0.0845. The first-order valence-corrected chi connectivity index (χ1v) is 8.16. The highest BCUT2D eigenvalue weighted by molar-refractivity contribution is 6.34. The van der Waals surface area contributed by atoms with Crippen LogP contribution < -0.4 is 10.4 Å². The first-order valence-electron chi connectivity index (χ1n) is 8.16. The lowest BCUT2D eigenvalue weighted by Crippen LogP contribution is -2.40. The molecule has 0 saturated carbocycles. The van der Waals surface area contributed by atoms with Crippen molar-refractivity contribution in [3.8, 4) is 5.88 Å². The first-order chi connectivity index (χ1) is 11.0. The number of aryl methyl sites for hydroxylation is 1. The van der Waals surface area contributed by atoms with E-state index >= 15 is 4.39 Å². The van der Waals surface area contributed by atoms with E-state index in [1.54, 1.807) is 13.9 Å². The molecule has 1 fully saturated rings. The lowest BCUT2D eigenvalue weighted by Gasteiger charge is -2.36. The summed E-state index contributed by atoms with van der Waals surface area (Å²) in [6.07, 6.45) is 1.78. The Kier molecular flexibility index (Phi) is 4.44. The number of hydrogen-bond donors (Lipinski definition) is 1. The van der Waals surface area contributed by atoms with Crippen molar-refractivity contribution in [2.75, 3.05) is 24.7 Å². The van der Waals surface area contributed by atoms with E-state index in [0.717, 1.165) is 18.2 Å². The summed E-state index contributed by atoms with van der Waals surface area (Å²) in [4.78, 5) is 6.22. The monoisotopic (exact) mass is 316 g/mol. The average molecular weight is 316 g/mol. The van der Waals surface area contributed by atoms with Gasteiger partial charge in [0.15, 0.2) is 0 Å². The van der Waals surface area contributed by atoms with Gasteiger partial charge in [-0.15, -0.1) is 0 Å². The highest BCUT2D eigenvalue weighted by Gasteiger charge is 2.26. The van der Waals surface area contributed by atoms with E-state index in [1.165, 1.54) is 0 Å². The van der Waals surface area contributed by atoms with Crippen molar-refractivity contribution in [2.45, 2.75) is 32.7 Å². The van der Waals surface area contributed by atoms with Crippen molar-refractivity contribution in [1.29, 1.82) is 0 Å². The maximum absolute atomic E-state index is 15.0. The minimum absolute atomic E-state index is 0.0348. The molecule has 23 heavy (non-hydrogen) atoms. The van der Waals surface area contributed by atoms with Crippen molar-refractivity contribution in [1.82, 2.24) is 4.98 Å². The van der Waals surface area contributed by atoms with Crippen LogP contribution in [0.1, 0.15) is 25.5 Å². The Morgan fingerprint density at radius 3 is 2.70 bits per heavy atom. The molecule has 0 aliphatic carbocycles. The third-order valence-electron chi connectivity index (χ3n) is 4.60. The number of hydrogen-bond acceptors (Lipinski definition) is 4. The largest absolute Gasteiger partial charge is 0.493 e. The molecule has 2 heterocycles. The molecule has 0 atom stereocenters. The van der Waals surface area contributed by atoms with E-state index in [0.29, 0.717) is 42.0 Å². The fourth-order valence-electron chi connectivity index (χ4n) is 3.47. The molecule has 0 spiro atoms. The molecule has 1 aromatic heterocycles. The van der Waals surface area contributed by atoms with E-state index in [9.17, 15) is 5.11 Å². The van der Waals surface area contributed by atoms with Crippen LogP contribution in [0.15, 0.2) is 12.1 Å². The van der Waals surface area contributed by atoms with Crippen molar-refractivity contribution in [3.05, 3.63) is 23.6 Å². The molecule has 0 radical (unpaired) electrons. The van der Waals surface area contributed by atoms with Crippen molar-refractivity contribution >= 4 is 29.8 Å². The number of rotatable bonds is 3. The molecular weight excluding hydrogens is 294 g/mol. The fourth-order valence-corrected chi connectivity index (χ4v) is 3.47. The lowest BCUT2D eigenvalue weighted by atomic mass is 9.90. The molecule has 1 aliphatic heterocycles. The first kappa shape index (κ1) is 16.1. The zero-order valence-corrected chi connectivity index (χ0v) is 13.9. The van der Waals surface area contributed by atoms with Gasteiger partial charge in [-0.25, -0.2) is 9.37 Å². The summed E-state index contributed by atoms with van der Waals surface area (Å²) < 4.78 is 20.5. The minimum Gasteiger partial charge on any atom is -0.493 e. The maximum atomic E-state index is 15.0. The van der Waals surface area contributed by atoms with Gasteiger partial charge in [0.2, 0.25) is 5.88 Å². The van der Waals surface area contributed by atoms with Crippen LogP contribution in [0.25, 0.3) is 10.8 Å². The van der Waals surface area contributed by atoms with Gasteiger partial charge in [-0.05, 0) is 32.8 Å². The van der Waals surface area contributed by atoms with Gasteiger partial charge in [-0.2, -0.15) is 0 Å². The maximum Gasteiger partial charge on any atom is 0.219 e. The summed E-state index contributed by atoms with van der Waals surface area (Å²) in [5.41, 5.74) is 1.79. The third kappa shape index (κ3) is 2.87. The van der Waals surface area contributed by atoms with Gasteiger partial charge in [0.25, 0.3) is 0 Å². The van der Waals surface area contributed by atoms with E-state index in [-0.39, 0.29) is 17.7 Å². The van der Waals surface area contributed by atoms with Gasteiger partial charge in [0.05, 0.1) is 5.69 Å². The molecule has 0 amide bonds. The Morgan fingerprint density at radius 1 is 1.35 bits per heavy atom. The summed E-state index contributed by atoms with van der Waals surface area (Å²) in [5, 5.41) is 11.5. The number of nitrogens with zero attached hydrogens (tertiary/aromatic N) is 2. The van der Waals surface area contributed by atoms with Crippen LogP contribution in [0.2, 0.25) is 0 Å². The molecular formula is C17H22BFN2O2. The zero-order chi connectivity index (χ0) is 16.6. The van der Waals surface area contributed by atoms with Crippen LogP contribution in [-0.2, 0) is 4.74 Å². The molecule has 3 rings (SSSR count). The number of aromatic hydroxyl groups is 1. The highest BCUT2D eigenvalue weighted by Crippen LogP contribution is 2.35. The van der Waals surface area contributed by atoms with Gasteiger partial charge < -0.3 is 14.7 Å². The van der Waals surface area contributed by atoms with E-state index in [1.807, 2.05) is 19.9 Å². The second kappa shape index (κ2) is 6.36. The SMILES string of the molecule is Bc1cc2c(O)nc(C)cc2c(N(CC)C2CCOCC2)c1F. The molecule has 1 aromatic carbocycles. The number of halogens is 1. The van der Waals surface area contributed by atoms with Crippen LogP contribution in [0.5, 0.6) is 5.88 Å². The summed E-state index contributed by atoms with van der Waals surface area (Å²) in [6, 6.07) is 3.78. The molecule has 4 nitrogen and oxygen atoms in total. The summed E-state index contributed by atoms with van der Waals surface area (Å²) in [6.45, 7) is 5.97. The topological polar surface area (TPSA) is 45.6 Å².